The molecule has 0 saturated heterocycles. The molecule has 0 radical (unpaired) electrons. The molecule has 0 atom stereocenters. The molecule has 0 unspecified atom stereocenters. The van der Waals surface area contributed by atoms with Gasteiger partial charge in [0.25, 0.3) is 0 Å². The Morgan fingerprint density at radius 2 is 1.24 bits per heavy atom. The Labute approximate surface area is 128 Å². The highest BCUT2D eigenvalue weighted by molar-refractivity contribution is 9.13. The fourth-order valence-corrected chi connectivity index (χ4v) is 6.16. The monoisotopic (exact) mass is 404 g/mol. The zero-order chi connectivity index (χ0) is 11.8. The highest BCUT2D eigenvalue weighted by Gasteiger charge is 2.17. The fraction of sp³-hybridized carbons (Fsp3) is 0. The molecule has 3 rings (SSSR count). The third kappa shape index (κ3) is 2.19. The van der Waals surface area contributed by atoms with E-state index < -0.39 is 0 Å². The van der Waals surface area contributed by atoms with E-state index in [1.807, 2.05) is 11.3 Å². The van der Waals surface area contributed by atoms with Crippen LogP contribution in [-0.2, 0) is 0 Å². The molecule has 0 aliphatic rings. The zero-order valence-corrected chi connectivity index (χ0v) is 14.1. The summed E-state index contributed by atoms with van der Waals surface area (Å²) in [4.78, 5) is 5.22. The van der Waals surface area contributed by atoms with Gasteiger partial charge in [-0.3, -0.25) is 0 Å². The fourth-order valence-electron chi connectivity index (χ4n) is 1.52. The van der Waals surface area contributed by atoms with Crippen molar-refractivity contribution in [3.63, 3.8) is 0 Å². The number of hydrogen-bond acceptors (Lipinski definition) is 3. The zero-order valence-electron chi connectivity index (χ0n) is 8.44. The normalized spacial score (nSPS) is 10.9. The van der Waals surface area contributed by atoms with Crippen LogP contribution in [0.15, 0.2) is 44.0 Å². The number of rotatable bonds is 2. The van der Waals surface area contributed by atoms with Crippen molar-refractivity contribution < 1.29 is 0 Å². The average molecular weight is 406 g/mol. The number of hydrogen-bond donors (Lipinski definition) is 0. The first-order chi connectivity index (χ1) is 8.27. The Kier molecular flexibility index (Phi) is 3.54. The van der Waals surface area contributed by atoms with Gasteiger partial charge in [-0.25, -0.2) is 0 Å². The molecule has 86 valence electrons. The molecule has 0 amide bonds. The van der Waals surface area contributed by atoms with E-state index in [2.05, 4.69) is 66.9 Å². The SMILES string of the molecule is Brc1c(-c2cccs2)sc(-c2cccs2)c1Br. The second-order valence-electron chi connectivity index (χ2n) is 3.34. The van der Waals surface area contributed by atoms with Crippen molar-refractivity contribution in [2.45, 2.75) is 0 Å². The van der Waals surface area contributed by atoms with Gasteiger partial charge in [0.1, 0.15) is 0 Å². The lowest BCUT2D eigenvalue weighted by molar-refractivity contribution is 1.76. The minimum atomic E-state index is 1.16. The topological polar surface area (TPSA) is 0 Å². The maximum Gasteiger partial charge on any atom is 0.0603 e. The van der Waals surface area contributed by atoms with Crippen LogP contribution in [0.25, 0.3) is 19.5 Å². The Morgan fingerprint density at radius 1 is 0.765 bits per heavy atom. The minimum absolute atomic E-state index is 1.16. The van der Waals surface area contributed by atoms with Gasteiger partial charge in [0.15, 0.2) is 0 Å². The molecular formula is C12H6Br2S3. The van der Waals surface area contributed by atoms with Crippen molar-refractivity contribution in [3.05, 3.63) is 44.0 Å². The maximum atomic E-state index is 3.68. The lowest BCUT2D eigenvalue weighted by atomic mass is 10.3. The van der Waals surface area contributed by atoms with Crippen LogP contribution in [0.4, 0.5) is 0 Å². The molecule has 0 aliphatic carbocycles. The average Bonchev–Trinajstić information content (AvgIpc) is 3.02. The van der Waals surface area contributed by atoms with E-state index in [1.54, 1.807) is 22.7 Å². The molecule has 3 aromatic heterocycles. The Hall–Kier alpha value is 0.0600. The van der Waals surface area contributed by atoms with Crippen LogP contribution >= 0.6 is 65.9 Å². The number of halogens is 2. The third-order valence-electron chi connectivity index (χ3n) is 2.29. The van der Waals surface area contributed by atoms with Gasteiger partial charge in [0.2, 0.25) is 0 Å². The van der Waals surface area contributed by atoms with Crippen molar-refractivity contribution >= 4 is 65.9 Å². The summed E-state index contributed by atoms with van der Waals surface area (Å²) < 4.78 is 2.32. The quantitative estimate of drug-likeness (QED) is 0.443. The summed E-state index contributed by atoms with van der Waals surface area (Å²) in [5, 5.41) is 4.22. The molecule has 5 heteroatoms. The van der Waals surface area contributed by atoms with Gasteiger partial charge in [-0.05, 0) is 54.8 Å². The second kappa shape index (κ2) is 4.97. The molecule has 0 bridgehead atoms. The van der Waals surface area contributed by atoms with E-state index in [4.69, 9.17) is 0 Å². The molecule has 3 aromatic rings. The highest BCUT2D eigenvalue weighted by Crippen LogP contribution is 2.49. The lowest BCUT2D eigenvalue weighted by Crippen LogP contribution is -1.65. The Bertz CT molecular complexity index is 566. The Morgan fingerprint density at radius 3 is 1.59 bits per heavy atom. The molecule has 0 nitrogen and oxygen atoms in total. The molecule has 0 fully saturated rings. The summed E-state index contributed by atoms with van der Waals surface area (Å²) in [6.07, 6.45) is 0. The lowest BCUT2D eigenvalue weighted by Gasteiger charge is -1.92. The largest absolute Gasteiger partial charge is 0.143 e. The summed E-state index contributed by atoms with van der Waals surface area (Å²) in [5.74, 6) is 0. The van der Waals surface area contributed by atoms with E-state index in [0.29, 0.717) is 0 Å². The standard InChI is InChI=1S/C12H6Br2S3/c13-9-10(14)12(8-4-2-6-16-8)17-11(9)7-3-1-5-15-7/h1-6H. The highest BCUT2D eigenvalue weighted by atomic mass is 79.9. The minimum Gasteiger partial charge on any atom is -0.143 e. The summed E-state index contributed by atoms with van der Waals surface area (Å²) in [6, 6.07) is 8.49. The first-order valence-electron chi connectivity index (χ1n) is 4.83. The van der Waals surface area contributed by atoms with Gasteiger partial charge >= 0.3 is 0 Å². The van der Waals surface area contributed by atoms with Crippen molar-refractivity contribution in [1.82, 2.24) is 0 Å². The van der Waals surface area contributed by atoms with Gasteiger partial charge in [0.05, 0.1) is 18.7 Å². The van der Waals surface area contributed by atoms with Crippen molar-refractivity contribution in [3.8, 4) is 19.5 Å². The van der Waals surface area contributed by atoms with Crippen LogP contribution < -0.4 is 0 Å². The van der Waals surface area contributed by atoms with E-state index >= 15 is 0 Å². The van der Waals surface area contributed by atoms with Crippen molar-refractivity contribution in [1.29, 1.82) is 0 Å². The first-order valence-corrected chi connectivity index (χ1v) is 8.99. The molecule has 0 spiro atoms. The van der Waals surface area contributed by atoms with Crippen LogP contribution in [0.5, 0.6) is 0 Å². The predicted octanol–water partition coefficient (Wildman–Crippen LogP) is 6.73. The third-order valence-corrected chi connectivity index (χ3v) is 8.22. The summed E-state index contributed by atoms with van der Waals surface area (Å²) >= 11 is 12.7. The van der Waals surface area contributed by atoms with Gasteiger partial charge in [-0.1, -0.05) is 12.1 Å². The van der Waals surface area contributed by atoms with Gasteiger partial charge < -0.3 is 0 Å². The van der Waals surface area contributed by atoms with Gasteiger partial charge in [0, 0.05) is 9.75 Å². The van der Waals surface area contributed by atoms with Gasteiger partial charge in [-0.2, -0.15) is 0 Å². The van der Waals surface area contributed by atoms with E-state index in [-0.39, 0.29) is 0 Å². The van der Waals surface area contributed by atoms with Crippen LogP contribution in [0.1, 0.15) is 0 Å². The van der Waals surface area contributed by atoms with Crippen LogP contribution in [0.2, 0.25) is 0 Å². The van der Waals surface area contributed by atoms with E-state index in [9.17, 15) is 0 Å². The summed E-state index contributed by atoms with van der Waals surface area (Å²) in [5.41, 5.74) is 0. The second-order valence-corrected chi connectivity index (χ2v) is 7.84. The molecule has 0 saturated carbocycles. The summed E-state index contributed by atoms with van der Waals surface area (Å²) in [6.45, 7) is 0. The van der Waals surface area contributed by atoms with E-state index in [0.717, 1.165) is 8.95 Å². The van der Waals surface area contributed by atoms with Crippen molar-refractivity contribution in [2.24, 2.45) is 0 Å². The summed E-state index contributed by atoms with van der Waals surface area (Å²) in [7, 11) is 0. The molecule has 0 aliphatic heterocycles. The molecule has 3 heterocycles. The predicted molar refractivity (Wildman–Crippen MR) is 86.3 cm³/mol. The first kappa shape index (κ1) is 12.1. The molecule has 0 N–H and O–H groups in total. The Balaban J connectivity index is 2.18. The molecule has 0 aromatic carbocycles. The van der Waals surface area contributed by atoms with Crippen LogP contribution in [0.3, 0.4) is 0 Å². The van der Waals surface area contributed by atoms with Crippen LogP contribution in [-0.4, -0.2) is 0 Å². The van der Waals surface area contributed by atoms with Crippen molar-refractivity contribution in [2.75, 3.05) is 0 Å². The smallest absolute Gasteiger partial charge is 0.0603 e. The number of thiophene rings is 3. The van der Waals surface area contributed by atoms with E-state index in [1.165, 1.54) is 19.5 Å². The van der Waals surface area contributed by atoms with Crippen LogP contribution in [0, 0.1) is 0 Å². The molecular weight excluding hydrogens is 400 g/mol. The molecule has 17 heavy (non-hydrogen) atoms. The maximum absolute atomic E-state index is 3.68. The van der Waals surface area contributed by atoms with Gasteiger partial charge in [-0.15, -0.1) is 34.0 Å².